The van der Waals surface area contributed by atoms with Crippen molar-refractivity contribution in [3.05, 3.63) is 69.8 Å². The molecule has 114 valence electrons. The Balaban J connectivity index is 2.03. The summed E-state index contributed by atoms with van der Waals surface area (Å²) in [6.45, 7) is 0. The fraction of sp³-hybridized carbons (Fsp3) is 0.0714. The number of rotatable bonds is 4. The summed E-state index contributed by atoms with van der Waals surface area (Å²) in [4.78, 5) is 10.1. The predicted molar refractivity (Wildman–Crippen MR) is 75.8 cm³/mol. The molecule has 0 atom stereocenters. The Hall–Kier alpha value is -2.90. The van der Waals surface area contributed by atoms with Crippen LogP contribution in [0.15, 0.2) is 53.6 Å². The highest BCUT2D eigenvalue weighted by molar-refractivity contribution is 5.80. The Morgan fingerprint density at radius 3 is 2.41 bits per heavy atom. The zero-order valence-corrected chi connectivity index (χ0v) is 11.0. The molecule has 0 aliphatic rings. The summed E-state index contributed by atoms with van der Waals surface area (Å²) in [7, 11) is 0. The topological polar surface area (TPSA) is 67.5 Å². The first-order valence-electron chi connectivity index (χ1n) is 6.07. The zero-order valence-electron chi connectivity index (χ0n) is 11.0. The maximum atomic E-state index is 12.4. The van der Waals surface area contributed by atoms with Crippen molar-refractivity contribution in [2.45, 2.75) is 6.18 Å². The average Bonchev–Trinajstić information content (AvgIpc) is 2.47. The van der Waals surface area contributed by atoms with E-state index in [4.69, 9.17) is 0 Å². The SMILES string of the molecule is O=[N+]([O-])c1cccc(N/N=C/c2ccc(C(F)(F)F)cc2)c1. The molecule has 0 saturated heterocycles. The molecule has 0 spiro atoms. The number of nitrogens with zero attached hydrogens (tertiary/aromatic N) is 2. The molecular weight excluding hydrogens is 299 g/mol. The fourth-order valence-electron chi connectivity index (χ4n) is 1.63. The minimum absolute atomic E-state index is 0.0882. The third-order valence-corrected chi connectivity index (χ3v) is 2.70. The molecular formula is C14H10F3N3O2. The van der Waals surface area contributed by atoms with E-state index in [1.54, 1.807) is 6.07 Å². The number of non-ortho nitro benzene ring substituents is 1. The molecule has 0 radical (unpaired) electrons. The van der Waals surface area contributed by atoms with E-state index in [1.807, 2.05) is 0 Å². The van der Waals surface area contributed by atoms with Crippen LogP contribution in [0.2, 0.25) is 0 Å². The summed E-state index contributed by atoms with van der Waals surface area (Å²) in [5.41, 5.74) is 2.61. The Bertz CT molecular complexity index is 697. The van der Waals surface area contributed by atoms with Crippen molar-refractivity contribution in [3.63, 3.8) is 0 Å². The normalized spacial score (nSPS) is 11.6. The second-order valence-electron chi connectivity index (χ2n) is 4.30. The van der Waals surface area contributed by atoms with E-state index in [0.29, 0.717) is 11.3 Å². The number of halogens is 3. The lowest BCUT2D eigenvalue weighted by Crippen LogP contribution is -2.04. The highest BCUT2D eigenvalue weighted by Gasteiger charge is 2.29. The molecule has 0 unspecified atom stereocenters. The van der Waals surface area contributed by atoms with Crippen molar-refractivity contribution in [2.24, 2.45) is 5.10 Å². The number of hydrazone groups is 1. The van der Waals surface area contributed by atoms with E-state index in [0.717, 1.165) is 12.1 Å². The standard InChI is InChI=1S/C14H10F3N3O2/c15-14(16,17)11-6-4-10(5-7-11)9-18-19-12-2-1-3-13(8-12)20(21)22/h1-9,19H/b18-9+. The molecule has 0 fully saturated rings. The van der Waals surface area contributed by atoms with Gasteiger partial charge in [0.15, 0.2) is 0 Å². The molecule has 2 aromatic carbocycles. The van der Waals surface area contributed by atoms with Crippen molar-refractivity contribution in [2.75, 3.05) is 5.43 Å². The summed E-state index contributed by atoms with van der Waals surface area (Å²) in [6, 6.07) is 10.2. The highest BCUT2D eigenvalue weighted by Crippen LogP contribution is 2.28. The molecule has 22 heavy (non-hydrogen) atoms. The first-order valence-corrected chi connectivity index (χ1v) is 6.07. The lowest BCUT2D eigenvalue weighted by Gasteiger charge is -2.05. The molecule has 2 aromatic rings. The molecule has 0 amide bonds. The van der Waals surface area contributed by atoms with E-state index >= 15 is 0 Å². The molecule has 0 bridgehead atoms. The third kappa shape index (κ3) is 4.05. The summed E-state index contributed by atoms with van der Waals surface area (Å²) in [5, 5.41) is 14.4. The Labute approximate surface area is 123 Å². The minimum atomic E-state index is -4.38. The second kappa shape index (κ2) is 6.25. The van der Waals surface area contributed by atoms with Crippen molar-refractivity contribution in [1.29, 1.82) is 0 Å². The van der Waals surface area contributed by atoms with Gasteiger partial charge in [-0.25, -0.2) is 0 Å². The van der Waals surface area contributed by atoms with Crippen LogP contribution >= 0.6 is 0 Å². The van der Waals surface area contributed by atoms with E-state index in [9.17, 15) is 23.3 Å². The lowest BCUT2D eigenvalue weighted by molar-refractivity contribution is -0.384. The summed E-state index contributed by atoms with van der Waals surface area (Å²) in [5.74, 6) is 0. The van der Waals surface area contributed by atoms with Gasteiger partial charge in [-0.3, -0.25) is 15.5 Å². The maximum absolute atomic E-state index is 12.4. The maximum Gasteiger partial charge on any atom is 0.416 e. The molecule has 0 heterocycles. The first kappa shape index (κ1) is 15.5. The quantitative estimate of drug-likeness (QED) is 0.526. The van der Waals surface area contributed by atoms with Gasteiger partial charge in [-0.15, -0.1) is 0 Å². The number of hydrogen-bond acceptors (Lipinski definition) is 4. The first-order chi connectivity index (χ1) is 10.4. The number of alkyl halides is 3. The number of hydrogen-bond donors (Lipinski definition) is 1. The minimum Gasteiger partial charge on any atom is -0.278 e. The van der Waals surface area contributed by atoms with Crippen LogP contribution in [-0.2, 0) is 6.18 Å². The van der Waals surface area contributed by atoms with Gasteiger partial charge in [0.2, 0.25) is 0 Å². The van der Waals surface area contributed by atoms with Gasteiger partial charge in [0.05, 0.1) is 22.4 Å². The molecule has 0 aliphatic carbocycles. The van der Waals surface area contributed by atoms with Gasteiger partial charge in [0.25, 0.3) is 5.69 Å². The summed E-state index contributed by atoms with van der Waals surface area (Å²) >= 11 is 0. The van der Waals surface area contributed by atoms with Crippen LogP contribution < -0.4 is 5.43 Å². The van der Waals surface area contributed by atoms with Gasteiger partial charge in [-0.2, -0.15) is 18.3 Å². The van der Waals surface area contributed by atoms with Gasteiger partial charge >= 0.3 is 6.18 Å². The molecule has 2 rings (SSSR count). The lowest BCUT2D eigenvalue weighted by atomic mass is 10.1. The Kier molecular flexibility index (Phi) is 4.40. The van der Waals surface area contributed by atoms with Crippen LogP contribution in [-0.4, -0.2) is 11.1 Å². The summed E-state index contributed by atoms with van der Waals surface area (Å²) < 4.78 is 37.2. The van der Waals surface area contributed by atoms with E-state index in [2.05, 4.69) is 10.5 Å². The largest absolute Gasteiger partial charge is 0.416 e. The smallest absolute Gasteiger partial charge is 0.278 e. The number of nitrogens with one attached hydrogen (secondary N) is 1. The Morgan fingerprint density at radius 2 is 1.82 bits per heavy atom. The van der Waals surface area contributed by atoms with Crippen molar-refractivity contribution < 1.29 is 18.1 Å². The van der Waals surface area contributed by atoms with Crippen LogP contribution in [0, 0.1) is 10.1 Å². The molecule has 0 saturated carbocycles. The number of nitro groups is 1. The van der Waals surface area contributed by atoms with Gasteiger partial charge in [-0.05, 0) is 23.8 Å². The monoisotopic (exact) mass is 309 g/mol. The van der Waals surface area contributed by atoms with Crippen LogP contribution in [0.5, 0.6) is 0 Å². The van der Waals surface area contributed by atoms with Crippen LogP contribution in [0.3, 0.4) is 0 Å². The molecule has 8 heteroatoms. The fourth-order valence-corrected chi connectivity index (χ4v) is 1.63. The Morgan fingerprint density at radius 1 is 1.14 bits per heavy atom. The third-order valence-electron chi connectivity index (χ3n) is 2.70. The van der Waals surface area contributed by atoms with Gasteiger partial charge in [0, 0.05) is 12.1 Å². The van der Waals surface area contributed by atoms with Crippen molar-refractivity contribution in [3.8, 4) is 0 Å². The van der Waals surface area contributed by atoms with Crippen molar-refractivity contribution >= 4 is 17.6 Å². The van der Waals surface area contributed by atoms with Crippen LogP contribution in [0.1, 0.15) is 11.1 Å². The number of anilines is 1. The van der Waals surface area contributed by atoms with Crippen LogP contribution in [0.25, 0.3) is 0 Å². The predicted octanol–water partition coefficient (Wildman–Crippen LogP) is 4.06. The van der Waals surface area contributed by atoms with Crippen LogP contribution in [0.4, 0.5) is 24.5 Å². The average molecular weight is 309 g/mol. The van der Waals surface area contributed by atoms with Gasteiger partial charge < -0.3 is 0 Å². The van der Waals surface area contributed by atoms with Gasteiger partial charge in [0.1, 0.15) is 0 Å². The van der Waals surface area contributed by atoms with Gasteiger partial charge in [-0.1, -0.05) is 18.2 Å². The molecule has 0 aromatic heterocycles. The molecule has 1 N–H and O–H groups in total. The van der Waals surface area contributed by atoms with E-state index in [1.165, 1.54) is 36.5 Å². The van der Waals surface area contributed by atoms with E-state index < -0.39 is 16.7 Å². The zero-order chi connectivity index (χ0) is 16.2. The second-order valence-corrected chi connectivity index (χ2v) is 4.30. The van der Waals surface area contributed by atoms with Crippen molar-refractivity contribution in [1.82, 2.24) is 0 Å². The number of benzene rings is 2. The molecule has 5 nitrogen and oxygen atoms in total. The van der Waals surface area contributed by atoms with E-state index in [-0.39, 0.29) is 5.69 Å². The summed E-state index contributed by atoms with van der Waals surface area (Å²) in [6.07, 6.45) is -3.06. The number of nitro benzene ring substituents is 1. The highest BCUT2D eigenvalue weighted by atomic mass is 19.4. The molecule has 0 aliphatic heterocycles.